The highest BCUT2D eigenvalue weighted by Crippen LogP contribution is 2.36. The van der Waals surface area contributed by atoms with Crippen LogP contribution >= 0.6 is 11.8 Å². The fraction of sp³-hybridized carbons (Fsp3) is 0.364. The molecule has 0 N–H and O–H groups in total. The molecular formula is C11H8F3N3S. The molecule has 0 aromatic carbocycles. The molecule has 0 aliphatic heterocycles. The van der Waals surface area contributed by atoms with Crippen LogP contribution in [-0.4, -0.2) is 10.2 Å². The minimum atomic E-state index is -4.61. The van der Waals surface area contributed by atoms with E-state index >= 15 is 0 Å². The molecule has 1 atom stereocenters. The summed E-state index contributed by atoms with van der Waals surface area (Å²) in [5.74, 6) is 0. The highest BCUT2D eigenvalue weighted by atomic mass is 32.2. The van der Waals surface area contributed by atoms with Gasteiger partial charge in [0.05, 0.1) is 22.4 Å². The van der Waals surface area contributed by atoms with Crippen LogP contribution in [0.1, 0.15) is 23.7 Å². The molecule has 7 heteroatoms. The predicted octanol–water partition coefficient (Wildman–Crippen LogP) is 3.28. The number of rotatable bonds is 2. The van der Waals surface area contributed by atoms with Crippen molar-refractivity contribution >= 4 is 11.8 Å². The second-order valence-electron chi connectivity index (χ2n) is 3.49. The Labute approximate surface area is 106 Å². The van der Waals surface area contributed by atoms with Crippen molar-refractivity contribution in [3.05, 3.63) is 22.9 Å². The lowest BCUT2D eigenvalue weighted by atomic mass is 10.1. The molecule has 1 unspecified atom stereocenters. The molecule has 1 heterocycles. The Balaban J connectivity index is 3.41. The summed E-state index contributed by atoms with van der Waals surface area (Å²) in [5, 5.41) is 16.9. The average molecular weight is 271 g/mol. The van der Waals surface area contributed by atoms with Crippen LogP contribution in [0.15, 0.2) is 11.1 Å². The molecule has 1 aromatic heterocycles. The molecule has 18 heavy (non-hydrogen) atoms. The molecule has 94 valence electrons. The molecule has 0 aliphatic rings. The lowest BCUT2D eigenvalue weighted by molar-refractivity contribution is -0.138. The van der Waals surface area contributed by atoms with Gasteiger partial charge >= 0.3 is 6.18 Å². The van der Waals surface area contributed by atoms with E-state index in [1.54, 1.807) is 0 Å². The van der Waals surface area contributed by atoms with Gasteiger partial charge in [0.1, 0.15) is 11.1 Å². The highest BCUT2D eigenvalue weighted by molar-refractivity contribution is 8.00. The van der Waals surface area contributed by atoms with Crippen LogP contribution in [0.5, 0.6) is 0 Å². The van der Waals surface area contributed by atoms with Crippen molar-refractivity contribution in [2.75, 3.05) is 0 Å². The molecular weight excluding hydrogens is 263 g/mol. The number of aryl methyl sites for hydroxylation is 1. The van der Waals surface area contributed by atoms with Gasteiger partial charge in [0.25, 0.3) is 0 Å². The first-order chi connectivity index (χ1) is 8.29. The number of alkyl halides is 3. The van der Waals surface area contributed by atoms with Crippen molar-refractivity contribution in [3.63, 3.8) is 0 Å². The molecule has 0 fully saturated rings. The maximum Gasteiger partial charge on any atom is 0.417 e. The van der Waals surface area contributed by atoms with Gasteiger partial charge in [-0.3, -0.25) is 0 Å². The van der Waals surface area contributed by atoms with Crippen molar-refractivity contribution in [3.8, 4) is 12.1 Å². The van der Waals surface area contributed by atoms with Crippen LogP contribution < -0.4 is 0 Å². The average Bonchev–Trinajstić information content (AvgIpc) is 2.27. The summed E-state index contributed by atoms with van der Waals surface area (Å²) in [7, 11) is 0. The highest BCUT2D eigenvalue weighted by Gasteiger charge is 2.35. The van der Waals surface area contributed by atoms with Gasteiger partial charge in [0, 0.05) is 5.69 Å². The first-order valence-electron chi connectivity index (χ1n) is 4.84. The third kappa shape index (κ3) is 3.14. The first kappa shape index (κ1) is 14.3. The van der Waals surface area contributed by atoms with E-state index in [1.807, 2.05) is 6.07 Å². The van der Waals surface area contributed by atoms with Crippen molar-refractivity contribution in [2.45, 2.75) is 30.3 Å². The smallest absolute Gasteiger partial charge is 0.245 e. The fourth-order valence-electron chi connectivity index (χ4n) is 1.26. The number of nitrogens with zero attached hydrogens (tertiary/aromatic N) is 3. The van der Waals surface area contributed by atoms with Crippen LogP contribution in [0.2, 0.25) is 0 Å². The van der Waals surface area contributed by atoms with Gasteiger partial charge in [0.2, 0.25) is 0 Å². The third-order valence-electron chi connectivity index (χ3n) is 2.00. The number of hydrogen-bond donors (Lipinski definition) is 0. The third-order valence-corrected chi connectivity index (χ3v) is 2.98. The normalized spacial score (nSPS) is 12.6. The zero-order chi connectivity index (χ0) is 13.9. The molecule has 1 aromatic rings. The second kappa shape index (κ2) is 5.28. The number of hydrogen-bond acceptors (Lipinski definition) is 4. The lowest BCUT2D eigenvalue weighted by Gasteiger charge is -2.13. The molecule has 0 radical (unpaired) electrons. The molecule has 0 aliphatic carbocycles. The predicted molar refractivity (Wildman–Crippen MR) is 59.6 cm³/mol. The zero-order valence-corrected chi connectivity index (χ0v) is 10.4. The fourth-order valence-corrected chi connectivity index (χ4v) is 2.11. The van der Waals surface area contributed by atoms with E-state index in [2.05, 4.69) is 4.98 Å². The lowest BCUT2D eigenvalue weighted by Crippen LogP contribution is -2.11. The molecule has 1 rings (SSSR count). The van der Waals surface area contributed by atoms with Crippen molar-refractivity contribution in [2.24, 2.45) is 0 Å². The number of aromatic nitrogens is 1. The Bertz CT molecular complexity index is 540. The van der Waals surface area contributed by atoms with Crippen LogP contribution in [0.25, 0.3) is 0 Å². The monoisotopic (exact) mass is 271 g/mol. The van der Waals surface area contributed by atoms with E-state index in [9.17, 15) is 13.2 Å². The van der Waals surface area contributed by atoms with E-state index in [0.29, 0.717) is 0 Å². The minimum Gasteiger partial charge on any atom is -0.245 e. The van der Waals surface area contributed by atoms with E-state index in [1.165, 1.54) is 19.9 Å². The summed E-state index contributed by atoms with van der Waals surface area (Å²) in [5.41, 5.74) is -1.38. The van der Waals surface area contributed by atoms with Gasteiger partial charge < -0.3 is 0 Å². The quantitative estimate of drug-likeness (QED) is 0.774. The molecule has 0 amide bonds. The van der Waals surface area contributed by atoms with Gasteiger partial charge in [-0.25, -0.2) is 4.98 Å². The van der Waals surface area contributed by atoms with Crippen molar-refractivity contribution in [1.82, 2.24) is 4.98 Å². The van der Waals surface area contributed by atoms with Gasteiger partial charge in [-0.1, -0.05) is 11.8 Å². The number of halogens is 3. The summed E-state index contributed by atoms with van der Waals surface area (Å²) >= 11 is 0.844. The molecule has 0 saturated heterocycles. The number of pyridine rings is 1. The number of nitriles is 2. The summed E-state index contributed by atoms with van der Waals surface area (Å²) in [6, 6.07) is 4.22. The summed E-state index contributed by atoms with van der Waals surface area (Å²) in [4.78, 5) is 3.90. The Kier molecular flexibility index (Phi) is 4.20. The Morgan fingerprint density at radius 3 is 2.44 bits per heavy atom. The largest absolute Gasteiger partial charge is 0.417 e. The molecule has 0 spiro atoms. The van der Waals surface area contributed by atoms with E-state index < -0.39 is 22.6 Å². The van der Waals surface area contributed by atoms with E-state index in [0.717, 1.165) is 17.8 Å². The maximum atomic E-state index is 12.8. The summed E-state index contributed by atoms with van der Waals surface area (Å²) in [6.45, 7) is 2.95. The zero-order valence-electron chi connectivity index (χ0n) is 9.54. The van der Waals surface area contributed by atoms with Crippen LogP contribution in [0.4, 0.5) is 13.2 Å². The molecule has 3 nitrogen and oxygen atoms in total. The SMILES string of the molecule is Cc1cc(C(F)(F)F)c(C#N)c(SC(C)C#N)n1. The Morgan fingerprint density at radius 2 is 2.00 bits per heavy atom. The maximum absolute atomic E-state index is 12.8. The van der Waals surface area contributed by atoms with Gasteiger partial charge in [0.15, 0.2) is 0 Å². The van der Waals surface area contributed by atoms with Gasteiger partial charge in [-0.15, -0.1) is 0 Å². The summed E-state index contributed by atoms with van der Waals surface area (Å²) < 4.78 is 38.3. The van der Waals surface area contributed by atoms with E-state index in [4.69, 9.17) is 10.5 Å². The van der Waals surface area contributed by atoms with Crippen molar-refractivity contribution < 1.29 is 13.2 Å². The minimum absolute atomic E-state index is 0.0566. The summed E-state index contributed by atoms with van der Waals surface area (Å²) in [6.07, 6.45) is -4.61. The standard InChI is InChI=1S/C11H8F3N3S/c1-6-3-9(11(12,13)14)8(5-16)10(17-6)18-7(2)4-15/h3,7H,1-2H3. The molecule has 0 saturated carbocycles. The topological polar surface area (TPSA) is 60.5 Å². The van der Waals surface area contributed by atoms with Crippen LogP contribution in [-0.2, 0) is 6.18 Å². The second-order valence-corrected chi connectivity index (χ2v) is 4.82. The van der Waals surface area contributed by atoms with Gasteiger partial charge in [-0.2, -0.15) is 23.7 Å². The number of thioether (sulfide) groups is 1. The Hall–Kier alpha value is -1.73. The van der Waals surface area contributed by atoms with Gasteiger partial charge in [-0.05, 0) is 19.9 Å². The molecule has 0 bridgehead atoms. The van der Waals surface area contributed by atoms with Crippen LogP contribution in [0, 0.1) is 29.6 Å². The van der Waals surface area contributed by atoms with Crippen molar-refractivity contribution in [1.29, 1.82) is 10.5 Å². The Morgan fingerprint density at radius 1 is 1.39 bits per heavy atom. The van der Waals surface area contributed by atoms with E-state index in [-0.39, 0.29) is 10.7 Å². The first-order valence-corrected chi connectivity index (χ1v) is 5.72. The van der Waals surface area contributed by atoms with Crippen LogP contribution in [0.3, 0.4) is 0 Å².